The smallest absolute Gasteiger partial charge is 0.271 e. The molecule has 34 heavy (non-hydrogen) atoms. The first-order valence-corrected chi connectivity index (χ1v) is 11.0. The van der Waals surface area contributed by atoms with Crippen LogP contribution in [-0.2, 0) is 6.54 Å². The lowest BCUT2D eigenvalue weighted by atomic mass is 9.83. The van der Waals surface area contributed by atoms with Gasteiger partial charge in [-0.05, 0) is 36.1 Å². The topological polar surface area (TPSA) is 83.1 Å². The van der Waals surface area contributed by atoms with Crippen molar-refractivity contribution in [1.82, 2.24) is 4.57 Å². The van der Waals surface area contributed by atoms with Crippen LogP contribution in [0.2, 0.25) is 0 Å². The molecule has 0 atom stereocenters. The third-order valence-corrected chi connectivity index (χ3v) is 6.04. The van der Waals surface area contributed by atoms with Gasteiger partial charge in [0.2, 0.25) is 5.88 Å². The molecular weight excluding hydrogens is 424 g/mol. The van der Waals surface area contributed by atoms with Gasteiger partial charge in [-0.2, -0.15) is 5.26 Å². The van der Waals surface area contributed by atoms with Crippen LogP contribution in [0.25, 0.3) is 0 Å². The van der Waals surface area contributed by atoms with Gasteiger partial charge in [-0.1, -0.05) is 90.5 Å². The fourth-order valence-electron chi connectivity index (χ4n) is 4.20. The predicted octanol–water partition coefficient (Wildman–Crippen LogP) is 5.11. The maximum absolute atomic E-state index is 14.0. The number of rotatable bonds is 6. The first-order valence-electron chi connectivity index (χ1n) is 11.0. The van der Waals surface area contributed by atoms with Crippen LogP contribution in [-0.4, -0.2) is 15.5 Å². The third-order valence-electron chi connectivity index (χ3n) is 6.04. The predicted molar refractivity (Wildman–Crippen MR) is 131 cm³/mol. The molecule has 1 aromatic heterocycles. The van der Waals surface area contributed by atoms with Crippen molar-refractivity contribution in [3.05, 3.63) is 134 Å². The van der Waals surface area contributed by atoms with E-state index in [0.29, 0.717) is 0 Å². The van der Waals surface area contributed by atoms with Crippen molar-refractivity contribution >= 4 is 5.78 Å². The zero-order chi connectivity index (χ0) is 24.2. The largest absolute Gasteiger partial charge is 0.494 e. The molecule has 0 saturated carbocycles. The average Bonchev–Trinajstić information content (AvgIpc) is 2.85. The molecular formula is C29H24N2O3. The number of carbonyl (C=O) groups is 1. The van der Waals surface area contributed by atoms with Crippen molar-refractivity contribution in [1.29, 1.82) is 5.26 Å². The van der Waals surface area contributed by atoms with E-state index in [0.717, 1.165) is 26.8 Å². The second-order valence-electron chi connectivity index (χ2n) is 8.31. The number of aromatic hydroxyl groups is 1. The van der Waals surface area contributed by atoms with Gasteiger partial charge >= 0.3 is 0 Å². The zero-order valence-electron chi connectivity index (χ0n) is 19.0. The summed E-state index contributed by atoms with van der Waals surface area (Å²) in [5.74, 6) is -1.51. The molecule has 4 aromatic rings. The van der Waals surface area contributed by atoms with Crippen LogP contribution < -0.4 is 5.56 Å². The number of ketones is 1. The summed E-state index contributed by atoms with van der Waals surface area (Å²) in [6.45, 7) is 3.54. The monoisotopic (exact) mass is 448 g/mol. The standard InChI is InChI=1S/C29H24N2O3/c1-19-13-15-21(16-14-19)18-31-28(33)24(17-30)20(2)25(29(31)34)27(32)26(22-9-5-3-6-10-22)23-11-7-4-8-12-23/h3-16,26,34H,18H2,1-2H3. The lowest BCUT2D eigenvalue weighted by molar-refractivity contribution is 0.0969. The maximum atomic E-state index is 14.0. The summed E-state index contributed by atoms with van der Waals surface area (Å²) in [5, 5.41) is 21.0. The zero-order valence-corrected chi connectivity index (χ0v) is 19.0. The summed E-state index contributed by atoms with van der Waals surface area (Å²) in [5.41, 5.74) is 2.76. The van der Waals surface area contributed by atoms with Gasteiger partial charge in [0.15, 0.2) is 5.78 Å². The number of nitriles is 1. The lowest BCUT2D eigenvalue weighted by Gasteiger charge is -2.21. The average molecular weight is 449 g/mol. The van der Waals surface area contributed by atoms with Gasteiger partial charge in [0.25, 0.3) is 5.56 Å². The molecule has 1 N–H and O–H groups in total. The summed E-state index contributed by atoms with van der Waals surface area (Å²) >= 11 is 0. The Morgan fingerprint density at radius 1 is 0.912 bits per heavy atom. The van der Waals surface area contributed by atoms with Crippen molar-refractivity contribution in [2.75, 3.05) is 0 Å². The van der Waals surface area contributed by atoms with Gasteiger partial charge in [0, 0.05) is 0 Å². The van der Waals surface area contributed by atoms with E-state index >= 15 is 0 Å². The molecule has 0 amide bonds. The number of hydrogen-bond acceptors (Lipinski definition) is 4. The molecule has 0 bridgehead atoms. The van der Waals surface area contributed by atoms with Crippen LogP contribution >= 0.6 is 0 Å². The molecule has 0 aliphatic rings. The van der Waals surface area contributed by atoms with Gasteiger partial charge < -0.3 is 5.11 Å². The highest BCUT2D eigenvalue weighted by molar-refractivity contribution is 6.06. The van der Waals surface area contributed by atoms with Crippen LogP contribution in [0.4, 0.5) is 0 Å². The van der Waals surface area contributed by atoms with Crippen LogP contribution in [0.5, 0.6) is 5.88 Å². The molecule has 0 unspecified atom stereocenters. The minimum atomic E-state index is -0.705. The fourth-order valence-corrected chi connectivity index (χ4v) is 4.20. The number of aryl methyl sites for hydroxylation is 1. The molecule has 5 heteroatoms. The Morgan fingerprint density at radius 3 is 1.94 bits per heavy atom. The van der Waals surface area contributed by atoms with E-state index in [1.54, 1.807) is 0 Å². The molecule has 168 valence electrons. The lowest BCUT2D eigenvalue weighted by Crippen LogP contribution is -2.28. The Balaban J connectivity index is 1.92. The second-order valence-corrected chi connectivity index (χ2v) is 8.31. The Labute approximate surface area is 198 Å². The summed E-state index contributed by atoms with van der Waals surface area (Å²) in [7, 11) is 0. The van der Waals surface area contributed by atoms with Crippen LogP contribution in [0.1, 0.15) is 49.7 Å². The van der Waals surface area contributed by atoms with Crippen LogP contribution in [0.3, 0.4) is 0 Å². The summed E-state index contributed by atoms with van der Waals surface area (Å²) < 4.78 is 1.11. The van der Waals surface area contributed by atoms with Crippen molar-refractivity contribution in [2.45, 2.75) is 26.3 Å². The number of pyridine rings is 1. The highest BCUT2D eigenvalue weighted by Gasteiger charge is 2.31. The fraction of sp³-hybridized carbons (Fsp3) is 0.138. The molecule has 1 heterocycles. The Morgan fingerprint density at radius 2 is 1.44 bits per heavy atom. The molecule has 0 fully saturated rings. The number of benzene rings is 3. The number of Topliss-reactive ketones (excluding diaryl/α,β-unsaturated/α-hetero) is 1. The normalized spacial score (nSPS) is 10.8. The number of nitrogens with zero attached hydrogens (tertiary/aromatic N) is 2. The van der Waals surface area contributed by atoms with E-state index in [-0.39, 0.29) is 29.0 Å². The Bertz CT molecular complexity index is 1390. The van der Waals surface area contributed by atoms with Gasteiger partial charge in [-0.3, -0.25) is 14.2 Å². The quantitative estimate of drug-likeness (QED) is 0.416. The second kappa shape index (κ2) is 9.60. The Hall–Kier alpha value is -4.43. The molecule has 0 aliphatic heterocycles. The van der Waals surface area contributed by atoms with Crippen LogP contribution in [0, 0.1) is 25.2 Å². The first kappa shape index (κ1) is 22.8. The molecule has 3 aromatic carbocycles. The molecule has 0 spiro atoms. The number of carbonyl (C=O) groups excluding carboxylic acids is 1. The van der Waals surface area contributed by atoms with Gasteiger partial charge in [0.05, 0.1) is 18.0 Å². The van der Waals surface area contributed by atoms with Gasteiger partial charge in [-0.15, -0.1) is 0 Å². The maximum Gasteiger partial charge on any atom is 0.271 e. The van der Waals surface area contributed by atoms with E-state index in [9.17, 15) is 20.0 Å². The number of hydrogen-bond donors (Lipinski definition) is 1. The van der Waals surface area contributed by atoms with Crippen molar-refractivity contribution in [3.8, 4) is 11.9 Å². The van der Waals surface area contributed by atoms with Gasteiger partial charge in [-0.25, -0.2) is 0 Å². The summed E-state index contributed by atoms with van der Waals surface area (Å²) in [4.78, 5) is 27.1. The van der Waals surface area contributed by atoms with Crippen molar-refractivity contribution < 1.29 is 9.90 Å². The van der Waals surface area contributed by atoms with E-state index in [1.165, 1.54) is 6.92 Å². The molecule has 0 saturated heterocycles. The summed E-state index contributed by atoms with van der Waals surface area (Å²) in [6, 6.07) is 28.0. The number of aromatic nitrogens is 1. The molecule has 5 nitrogen and oxygen atoms in total. The van der Waals surface area contributed by atoms with E-state index in [1.807, 2.05) is 97.9 Å². The van der Waals surface area contributed by atoms with E-state index in [2.05, 4.69) is 0 Å². The Kier molecular flexibility index (Phi) is 6.42. The van der Waals surface area contributed by atoms with Crippen molar-refractivity contribution in [2.24, 2.45) is 0 Å². The molecule has 4 rings (SSSR count). The molecule has 0 aliphatic carbocycles. The highest BCUT2D eigenvalue weighted by Crippen LogP contribution is 2.33. The highest BCUT2D eigenvalue weighted by atomic mass is 16.3. The minimum Gasteiger partial charge on any atom is -0.494 e. The van der Waals surface area contributed by atoms with Crippen molar-refractivity contribution in [3.63, 3.8) is 0 Å². The van der Waals surface area contributed by atoms with E-state index in [4.69, 9.17) is 0 Å². The summed E-state index contributed by atoms with van der Waals surface area (Å²) in [6.07, 6.45) is 0. The third kappa shape index (κ3) is 4.26. The SMILES string of the molecule is Cc1ccc(Cn2c(O)c(C(=O)C(c3ccccc3)c3ccccc3)c(C)c(C#N)c2=O)cc1. The first-order chi connectivity index (χ1) is 16.4. The van der Waals surface area contributed by atoms with Crippen LogP contribution in [0.15, 0.2) is 89.7 Å². The minimum absolute atomic E-state index is 0.0130. The molecule has 0 radical (unpaired) electrons. The van der Waals surface area contributed by atoms with Gasteiger partial charge in [0.1, 0.15) is 11.6 Å². The van der Waals surface area contributed by atoms with E-state index < -0.39 is 17.4 Å².